The summed E-state index contributed by atoms with van der Waals surface area (Å²) in [5, 5.41) is 2.95. The molecule has 1 aromatic carbocycles. The van der Waals surface area contributed by atoms with E-state index in [1.165, 1.54) is 7.11 Å². The van der Waals surface area contributed by atoms with Crippen LogP contribution in [0.5, 0.6) is 5.75 Å². The van der Waals surface area contributed by atoms with Crippen molar-refractivity contribution < 1.29 is 13.8 Å². The van der Waals surface area contributed by atoms with Gasteiger partial charge < -0.3 is 9.05 Å². The van der Waals surface area contributed by atoms with Crippen molar-refractivity contribution in [2.75, 3.05) is 13.4 Å². The summed E-state index contributed by atoms with van der Waals surface area (Å²) < 4.78 is 10.4. The van der Waals surface area contributed by atoms with Crippen molar-refractivity contribution in [3.05, 3.63) is 34.2 Å². The Hall–Kier alpha value is -1.04. The Labute approximate surface area is 120 Å². The summed E-state index contributed by atoms with van der Waals surface area (Å²) in [6, 6.07) is 5.32. The van der Waals surface area contributed by atoms with E-state index in [-0.39, 0.29) is 0 Å². The highest BCUT2D eigenvalue weighted by Crippen LogP contribution is 2.50. The van der Waals surface area contributed by atoms with Crippen LogP contribution in [0.4, 0.5) is 4.79 Å². The van der Waals surface area contributed by atoms with Crippen molar-refractivity contribution >= 4 is 35.7 Å². The van der Waals surface area contributed by atoms with Crippen LogP contribution in [-0.2, 0) is 16.3 Å². The van der Waals surface area contributed by atoms with Gasteiger partial charge in [-0.1, -0.05) is 0 Å². The molecule has 0 aliphatic rings. The number of thioether (sulfide) groups is 1. The minimum Gasteiger partial charge on any atom is -0.438 e. The fourth-order valence-electron chi connectivity index (χ4n) is 1.29. The second-order valence-electron chi connectivity index (χ2n) is 3.37. The molecule has 0 spiro atoms. The first-order valence-corrected chi connectivity index (χ1v) is 8.92. The zero-order valence-corrected chi connectivity index (χ0v) is 13.1. The Kier molecular flexibility index (Phi) is 5.85. The van der Waals surface area contributed by atoms with Gasteiger partial charge in [0.25, 0.3) is 0 Å². The van der Waals surface area contributed by atoms with Gasteiger partial charge in [-0.05, 0) is 59.4 Å². The fraction of sp³-hybridized carbons (Fsp3) is 0.300. The number of aryl methyl sites for hydroxylation is 1. The normalized spacial score (nSPS) is 13.2. The molecule has 0 bridgehead atoms. The van der Waals surface area contributed by atoms with Gasteiger partial charge in [0.05, 0.1) is 0 Å². The third kappa shape index (κ3) is 3.96. The number of carbonyl (C=O) groups excluding carboxylic acids is 1. The van der Waals surface area contributed by atoms with Crippen LogP contribution in [0.25, 0.3) is 10.4 Å². The van der Waals surface area contributed by atoms with E-state index in [4.69, 9.17) is 26.4 Å². The van der Waals surface area contributed by atoms with Crippen LogP contribution in [0.2, 0.25) is 0 Å². The zero-order chi connectivity index (χ0) is 14.5. The molecule has 1 rings (SSSR count). The number of hydrogen-bond donors (Lipinski definition) is 0. The molecule has 9 heteroatoms. The largest absolute Gasteiger partial charge is 0.438 e. The molecule has 1 aromatic rings. The van der Waals surface area contributed by atoms with Gasteiger partial charge in [-0.25, -0.2) is 0 Å². The molecule has 19 heavy (non-hydrogen) atoms. The van der Waals surface area contributed by atoms with Gasteiger partial charge in [-0.3, -0.25) is 4.79 Å². The molecule has 0 heterocycles. The lowest BCUT2D eigenvalue weighted by molar-refractivity contribution is 0.259. The van der Waals surface area contributed by atoms with Crippen LogP contribution in [0.3, 0.4) is 0 Å². The molecule has 0 saturated carbocycles. The Morgan fingerprint density at radius 3 is 2.74 bits per heavy atom. The lowest BCUT2D eigenvalue weighted by Gasteiger charge is -2.18. The van der Waals surface area contributed by atoms with Crippen molar-refractivity contribution in [2.45, 2.75) is 11.8 Å². The highest BCUT2D eigenvalue weighted by atomic mass is 32.5. The number of rotatable bonds is 5. The Morgan fingerprint density at radius 2 is 2.26 bits per heavy atom. The number of hydrogen-bond acceptors (Lipinski definition) is 5. The molecule has 1 unspecified atom stereocenters. The molecule has 0 aliphatic heterocycles. The molecule has 0 aromatic heterocycles. The van der Waals surface area contributed by atoms with E-state index in [0.717, 1.165) is 10.5 Å². The van der Waals surface area contributed by atoms with Gasteiger partial charge in [-0.2, -0.15) is 0 Å². The first-order chi connectivity index (χ1) is 8.96. The van der Waals surface area contributed by atoms with E-state index >= 15 is 0 Å². The molecule has 0 N–H and O–H groups in total. The van der Waals surface area contributed by atoms with E-state index in [9.17, 15) is 4.79 Å². The van der Waals surface area contributed by atoms with E-state index < -0.39 is 12.1 Å². The van der Waals surface area contributed by atoms with Gasteiger partial charge in [0.1, 0.15) is 5.75 Å². The minimum atomic E-state index is -3.31. The van der Waals surface area contributed by atoms with Crippen LogP contribution in [0.15, 0.2) is 28.2 Å². The molecule has 0 fully saturated rings. The van der Waals surface area contributed by atoms with Crippen LogP contribution >= 0.6 is 18.3 Å². The third-order valence-electron chi connectivity index (χ3n) is 2.20. The van der Waals surface area contributed by atoms with Gasteiger partial charge in [0, 0.05) is 16.9 Å². The second kappa shape index (κ2) is 6.93. The summed E-state index contributed by atoms with van der Waals surface area (Å²) in [5.41, 5.74) is 8.36. The van der Waals surface area contributed by atoms with Crippen molar-refractivity contribution in [1.82, 2.24) is 0 Å². The summed E-state index contributed by atoms with van der Waals surface area (Å²) >= 11 is 6.63. The summed E-state index contributed by atoms with van der Waals surface area (Å²) in [6.07, 6.45) is 1.97. The van der Waals surface area contributed by atoms with Gasteiger partial charge in [-0.15, -0.1) is 11.8 Å². The lowest BCUT2D eigenvalue weighted by atomic mass is 10.2. The van der Waals surface area contributed by atoms with Crippen molar-refractivity contribution in [1.29, 1.82) is 0 Å². The van der Waals surface area contributed by atoms with Gasteiger partial charge in [0.15, 0.2) is 0 Å². The standard InChI is InChI=1S/C10H12N3O3PS2/c1-7-6-8(4-5-9(7)19-3)16-17(18,15-2)10(14)12-13-11/h4-6H,1-3H3. The minimum absolute atomic E-state index is 0.418. The number of azide groups is 1. The SMILES string of the molecule is COP(=S)(Oc1ccc(SC)c(C)c1)C(=O)N=[N+]=[N-]. The van der Waals surface area contributed by atoms with Crippen LogP contribution < -0.4 is 4.52 Å². The second-order valence-corrected chi connectivity index (χ2v) is 7.59. The Morgan fingerprint density at radius 1 is 1.58 bits per heavy atom. The van der Waals surface area contributed by atoms with Crippen molar-refractivity contribution in [3.8, 4) is 5.75 Å². The van der Waals surface area contributed by atoms with Gasteiger partial charge >= 0.3 is 12.1 Å². The maximum atomic E-state index is 11.6. The number of benzene rings is 1. The molecule has 6 nitrogen and oxygen atoms in total. The monoisotopic (exact) mass is 317 g/mol. The molecule has 0 aliphatic carbocycles. The first kappa shape index (κ1) is 16.0. The predicted octanol–water partition coefficient (Wildman–Crippen LogP) is 4.48. The average Bonchev–Trinajstić information content (AvgIpc) is 2.39. The van der Waals surface area contributed by atoms with Crippen molar-refractivity contribution in [2.24, 2.45) is 5.11 Å². The summed E-state index contributed by atoms with van der Waals surface area (Å²) in [4.78, 5) is 15.1. The van der Waals surface area contributed by atoms with E-state index in [1.807, 2.05) is 19.2 Å². The molecule has 102 valence electrons. The zero-order valence-electron chi connectivity index (χ0n) is 10.6. The Balaban J connectivity index is 3.05. The van der Waals surface area contributed by atoms with E-state index in [2.05, 4.69) is 10.0 Å². The average molecular weight is 317 g/mol. The number of amides is 1. The highest BCUT2D eigenvalue weighted by Gasteiger charge is 2.28. The topological polar surface area (TPSA) is 84.3 Å². The highest BCUT2D eigenvalue weighted by molar-refractivity contribution is 8.17. The molecular weight excluding hydrogens is 305 g/mol. The first-order valence-electron chi connectivity index (χ1n) is 5.06. The fourth-order valence-corrected chi connectivity index (χ4v) is 3.10. The van der Waals surface area contributed by atoms with Crippen molar-refractivity contribution in [3.63, 3.8) is 0 Å². The third-order valence-corrected chi connectivity index (χ3v) is 5.72. The number of nitrogens with zero attached hydrogens (tertiary/aromatic N) is 3. The summed E-state index contributed by atoms with van der Waals surface area (Å²) in [5.74, 6) is 0.418. The Bertz CT molecular complexity index is 587. The van der Waals surface area contributed by atoms with E-state index in [0.29, 0.717) is 5.75 Å². The van der Waals surface area contributed by atoms with E-state index in [1.54, 1.807) is 23.9 Å². The summed E-state index contributed by atoms with van der Waals surface area (Å²) in [7, 11) is 1.26. The maximum Gasteiger partial charge on any atom is 0.313 e. The summed E-state index contributed by atoms with van der Waals surface area (Å²) in [6.45, 7) is -1.39. The lowest BCUT2D eigenvalue weighted by Crippen LogP contribution is -2.02. The molecule has 0 radical (unpaired) electrons. The van der Waals surface area contributed by atoms with Crippen LogP contribution in [0.1, 0.15) is 5.56 Å². The molecule has 1 atom stereocenters. The van der Waals surface area contributed by atoms with Crippen LogP contribution in [-0.4, -0.2) is 19.0 Å². The number of carbonyl (C=O) groups is 1. The molecular formula is C10H12N3O3PS2. The van der Waals surface area contributed by atoms with Crippen LogP contribution in [0, 0.1) is 6.92 Å². The van der Waals surface area contributed by atoms with Gasteiger partial charge in [0.2, 0.25) is 0 Å². The predicted molar refractivity (Wildman–Crippen MR) is 79.4 cm³/mol. The molecule has 0 saturated heterocycles. The maximum absolute atomic E-state index is 11.6. The molecule has 1 amide bonds. The quantitative estimate of drug-likeness (QED) is 0.263. The smallest absolute Gasteiger partial charge is 0.313 e.